The van der Waals surface area contributed by atoms with Crippen LogP contribution in [-0.4, -0.2) is 28.6 Å². The Morgan fingerprint density at radius 3 is 1.43 bits per heavy atom. The molecule has 0 unspecified atom stereocenters. The number of rotatable bonds is 5. The van der Waals surface area contributed by atoms with Crippen molar-refractivity contribution < 1.29 is 58.8 Å². The van der Waals surface area contributed by atoms with Gasteiger partial charge in [0.2, 0.25) is 0 Å². The number of aliphatic hydroxyl groups is 1. The number of hydrogen-bond donors (Lipinski definition) is 1. The SMILES string of the molecule is O=C([O-])CC(O)(CC(=O)[O-])C(=O)[O-].[I-]. The Labute approximate surface area is 95.4 Å². The molecule has 0 fully saturated rings. The molecule has 0 bridgehead atoms. The van der Waals surface area contributed by atoms with E-state index in [4.69, 9.17) is 5.11 Å². The third-order valence-electron chi connectivity index (χ3n) is 1.25. The van der Waals surface area contributed by atoms with E-state index in [1.165, 1.54) is 0 Å². The average molecular weight is 316 g/mol. The van der Waals surface area contributed by atoms with Crippen LogP contribution >= 0.6 is 0 Å². The molecular weight excluding hydrogens is 311 g/mol. The summed E-state index contributed by atoms with van der Waals surface area (Å²) < 4.78 is 0. The van der Waals surface area contributed by atoms with Gasteiger partial charge in [-0.2, -0.15) is 0 Å². The van der Waals surface area contributed by atoms with E-state index >= 15 is 0 Å². The van der Waals surface area contributed by atoms with Crippen LogP contribution in [0.25, 0.3) is 0 Å². The summed E-state index contributed by atoms with van der Waals surface area (Å²) in [5.74, 6) is -5.98. The molecule has 82 valence electrons. The van der Waals surface area contributed by atoms with Gasteiger partial charge in [-0.25, -0.2) is 0 Å². The van der Waals surface area contributed by atoms with Crippen LogP contribution < -0.4 is 39.3 Å². The van der Waals surface area contributed by atoms with Crippen LogP contribution in [0, 0.1) is 0 Å². The highest BCUT2D eigenvalue weighted by Crippen LogP contribution is 2.13. The molecule has 0 aliphatic carbocycles. The van der Waals surface area contributed by atoms with E-state index in [1.54, 1.807) is 0 Å². The maximum Gasteiger partial charge on any atom is 0.114 e. The quantitative estimate of drug-likeness (QED) is 0.497. The molecule has 0 aromatic carbocycles. The summed E-state index contributed by atoms with van der Waals surface area (Å²) in [6, 6.07) is 0. The standard InChI is InChI=1S/C6H8O7.HI/c7-3(8)1-6(13,5(11)12)2-4(9)10;/h13H,1-2H2,(H,7,8)(H,9,10)(H,11,12);1H/p-4. The zero-order chi connectivity index (χ0) is 10.6. The monoisotopic (exact) mass is 316 g/mol. The maximum atomic E-state index is 10.1. The molecule has 0 rings (SSSR count). The van der Waals surface area contributed by atoms with Crippen molar-refractivity contribution in [1.29, 1.82) is 0 Å². The van der Waals surface area contributed by atoms with Crippen molar-refractivity contribution in [1.82, 2.24) is 0 Å². The van der Waals surface area contributed by atoms with Gasteiger partial charge >= 0.3 is 0 Å². The molecule has 0 aromatic rings. The van der Waals surface area contributed by atoms with Gasteiger partial charge in [0.25, 0.3) is 0 Å². The maximum absolute atomic E-state index is 10.1. The van der Waals surface area contributed by atoms with Crippen LogP contribution in [0.1, 0.15) is 12.8 Å². The fourth-order valence-electron chi connectivity index (χ4n) is 0.684. The fourth-order valence-corrected chi connectivity index (χ4v) is 0.684. The van der Waals surface area contributed by atoms with Crippen LogP contribution in [0.3, 0.4) is 0 Å². The Morgan fingerprint density at radius 1 is 1.00 bits per heavy atom. The molecule has 0 saturated carbocycles. The van der Waals surface area contributed by atoms with Gasteiger partial charge in [0.05, 0.1) is 5.97 Å². The van der Waals surface area contributed by atoms with E-state index in [1.807, 2.05) is 0 Å². The molecule has 0 aliphatic heterocycles. The lowest BCUT2D eigenvalue weighted by Crippen LogP contribution is -3.00. The number of carbonyl (C=O) groups excluding carboxylic acids is 3. The largest absolute Gasteiger partial charge is 1.00 e. The number of halogens is 1. The van der Waals surface area contributed by atoms with E-state index in [-0.39, 0.29) is 24.0 Å². The summed E-state index contributed by atoms with van der Waals surface area (Å²) >= 11 is 0. The third kappa shape index (κ3) is 4.97. The summed E-state index contributed by atoms with van der Waals surface area (Å²) in [6.45, 7) is 0. The van der Waals surface area contributed by atoms with Gasteiger partial charge < -0.3 is 58.8 Å². The molecule has 0 radical (unpaired) electrons. The minimum absolute atomic E-state index is 0. The lowest BCUT2D eigenvalue weighted by Gasteiger charge is -2.29. The highest BCUT2D eigenvalue weighted by atomic mass is 127. The first-order valence-electron chi connectivity index (χ1n) is 3.11. The summed E-state index contributed by atoms with van der Waals surface area (Å²) in [7, 11) is 0. The minimum atomic E-state index is -2.97. The summed E-state index contributed by atoms with van der Waals surface area (Å²) in [5.41, 5.74) is -2.97. The van der Waals surface area contributed by atoms with Gasteiger partial charge in [-0.1, -0.05) is 0 Å². The molecule has 7 nitrogen and oxygen atoms in total. The van der Waals surface area contributed by atoms with Crippen molar-refractivity contribution in [3.8, 4) is 0 Å². The fraction of sp³-hybridized carbons (Fsp3) is 0.500. The first kappa shape index (κ1) is 15.6. The van der Waals surface area contributed by atoms with Crippen molar-refractivity contribution in [2.45, 2.75) is 18.4 Å². The lowest BCUT2D eigenvalue weighted by atomic mass is 9.96. The van der Waals surface area contributed by atoms with Crippen molar-refractivity contribution >= 4 is 17.9 Å². The van der Waals surface area contributed by atoms with Crippen LogP contribution in [0.15, 0.2) is 0 Å². The number of carboxylic acids is 3. The smallest absolute Gasteiger partial charge is 0.114 e. The Hall–Kier alpha value is -0.900. The van der Waals surface area contributed by atoms with Gasteiger partial charge in [-0.05, 0) is 0 Å². The van der Waals surface area contributed by atoms with Gasteiger partial charge in [-0.15, -0.1) is 0 Å². The lowest BCUT2D eigenvalue weighted by molar-refractivity contribution is -0.339. The second kappa shape index (κ2) is 5.75. The molecule has 0 amide bonds. The van der Waals surface area contributed by atoms with Crippen molar-refractivity contribution in [2.24, 2.45) is 0 Å². The molecule has 0 saturated heterocycles. The molecule has 14 heavy (non-hydrogen) atoms. The van der Waals surface area contributed by atoms with Crippen molar-refractivity contribution in [3.05, 3.63) is 0 Å². The zero-order valence-corrected chi connectivity index (χ0v) is 8.85. The first-order valence-corrected chi connectivity index (χ1v) is 3.11. The highest BCUT2D eigenvalue weighted by molar-refractivity contribution is 5.86. The Kier molecular flexibility index (Phi) is 6.40. The van der Waals surface area contributed by atoms with E-state index in [0.717, 1.165) is 0 Å². The van der Waals surface area contributed by atoms with Crippen molar-refractivity contribution in [3.63, 3.8) is 0 Å². The topological polar surface area (TPSA) is 141 Å². The van der Waals surface area contributed by atoms with Gasteiger partial charge in [-0.3, -0.25) is 0 Å². The third-order valence-corrected chi connectivity index (χ3v) is 1.25. The number of aliphatic carboxylic acids is 3. The molecule has 8 heteroatoms. The van der Waals surface area contributed by atoms with E-state index in [2.05, 4.69) is 0 Å². The summed E-state index contributed by atoms with van der Waals surface area (Å²) in [4.78, 5) is 30.0. The van der Waals surface area contributed by atoms with Crippen LogP contribution in [0.5, 0.6) is 0 Å². The van der Waals surface area contributed by atoms with E-state index in [0.29, 0.717) is 0 Å². The number of carboxylic acid groups (broad SMARTS) is 3. The average Bonchev–Trinajstić information content (AvgIpc) is 1.82. The molecular formula is C6H5IO7-4. The Morgan fingerprint density at radius 2 is 1.29 bits per heavy atom. The van der Waals surface area contributed by atoms with Gasteiger partial charge in [0.15, 0.2) is 0 Å². The Bertz CT molecular complexity index is 233. The minimum Gasteiger partial charge on any atom is -1.00 e. The summed E-state index contributed by atoms with van der Waals surface area (Å²) in [6.07, 6.45) is -2.72. The van der Waals surface area contributed by atoms with Gasteiger partial charge in [0, 0.05) is 24.8 Å². The first-order chi connectivity index (χ1) is 5.78. The molecule has 0 heterocycles. The number of carbonyl (C=O) groups is 3. The Balaban J connectivity index is 0. The van der Waals surface area contributed by atoms with Crippen molar-refractivity contribution in [2.75, 3.05) is 0 Å². The van der Waals surface area contributed by atoms with E-state index in [9.17, 15) is 29.7 Å². The second-order valence-corrected chi connectivity index (χ2v) is 2.42. The van der Waals surface area contributed by atoms with Gasteiger partial charge in [0.1, 0.15) is 5.60 Å². The van der Waals surface area contributed by atoms with Crippen LogP contribution in [-0.2, 0) is 14.4 Å². The normalized spacial score (nSPS) is 10.1. The highest BCUT2D eigenvalue weighted by Gasteiger charge is 2.29. The molecule has 0 spiro atoms. The molecule has 0 aromatic heterocycles. The number of hydrogen-bond acceptors (Lipinski definition) is 7. The predicted octanol–water partition coefficient (Wildman–Crippen LogP) is -8.25. The van der Waals surface area contributed by atoms with E-state index < -0.39 is 36.4 Å². The zero-order valence-electron chi connectivity index (χ0n) is 6.69. The van der Waals surface area contributed by atoms with Crippen LogP contribution in [0.4, 0.5) is 0 Å². The molecule has 1 N–H and O–H groups in total. The summed E-state index contributed by atoms with van der Waals surface area (Å²) in [5, 5.41) is 38.9. The molecule has 0 atom stereocenters. The molecule has 0 aliphatic rings. The predicted molar refractivity (Wildman–Crippen MR) is 29.2 cm³/mol. The second-order valence-electron chi connectivity index (χ2n) is 2.42. The van der Waals surface area contributed by atoms with Crippen LogP contribution in [0.2, 0.25) is 0 Å².